The predicted octanol–water partition coefficient (Wildman–Crippen LogP) is 3.64. The smallest absolute Gasteiger partial charge is 0.145 e. The normalized spacial score (nSPS) is 31.7. The molecule has 19 heavy (non-hydrogen) atoms. The van der Waals surface area contributed by atoms with Crippen molar-refractivity contribution in [1.29, 1.82) is 5.41 Å². The summed E-state index contributed by atoms with van der Waals surface area (Å²) in [5.74, 6) is 0.797. The molecule has 1 N–H and O–H groups in total. The minimum absolute atomic E-state index is 0.0318. The third-order valence-electron chi connectivity index (χ3n) is 5.64. The second kappa shape index (κ2) is 4.03. The van der Waals surface area contributed by atoms with Crippen molar-refractivity contribution >= 4 is 11.5 Å². The van der Waals surface area contributed by atoms with Crippen LogP contribution in [0.4, 0.5) is 0 Å². The molecule has 2 heteroatoms. The Morgan fingerprint density at radius 1 is 1.32 bits per heavy atom. The third-order valence-corrected chi connectivity index (χ3v) is 5.64. The summed E-state index contributed by atoms with van der Waals surface area (Å²) in [5.41, 5.74) is 1.26. The number of rotatable bonds is 3. The number of fused-ring (bicyclic) bond motifs is 2. The van der Waals surface area contributed by atoms with Crippen molar-refractivity contribution in [1.82, 2.24) is 0 Å². The molecule has 2 atom stereocenters. The van der Waals surface area contributed by atoms with Gasteiger partial charge in [-0.1, -0.05) is 44.2 Å². The van der Waals surface area contributed by atoms with Gasteiger partial charge in [-0.3, -0.25) is 4.79 Å². The molecule has 0 saturated heterocycles. The van der Waals surface area contributed by atoms with Crippen LogP contribution in [0.25, 0.3) is 0 Å². The van der Waals surface area contributed by atoms with Gasteiger partial charge in [0.05, 0.1) is 5.41 Å². The topological polar surface area (TPSA) is 40.9 Å². The molecule has 2 nitrogen and oxygen atoms in total. The fourth-order valence-corrected chi connectivity index (χ4v) is 4.34. The van der Waals surface area contributed by atoms with Gasteiger partial charge in [-0.05, 0) is 29.7 Å². The average Bonchev–Trinajstić information content (AvgIpc) is 2.74. The van der Waals surface area contributed by atoms with Crippen LogP contribution < -0.4 is 0 Å². The lowest BCUT2D eigenvalue weighted by Crippen LogP contribution is -2.44. The second-order valence-corrected chi connectivity index (χ2v) is 6.63. The molecule has 0 heterocycles. The summed E-state index contributed by atoms with van der Waals surface area (Å²) in [6, 6.07) is 10.1. The Morgan fingerprint density at radius 3 is 2.53 bits per heavy atom. The number of nitrogens with one attached hydrogen (secondary N) is 1. The van der Waals surface area contributed by atoms with E-state index in [2.05, 4.69) is 13.8 Å². The first kappa shape index (κ1) is 12.6. The van der Waals surface area contributed by atoms with Gasteiger partial charge in [0.1, 0.15) is 5.78 Å². The van der Waals surface area contributed by atoms with Crippen LogP contribution >= 0.6 is 0 Å². The summed E-state index contributed by atoms with van der Waals surface area (Å²) in [4.78, 5) is 12.5. The minimum Gasteiger partial charge on any atom is -0.308 e. The van der Waals surface area contributed by atoms with Gasteiger partial charge in [-0.15, -0.1) is 0 Å². The minimum atomic E-state index is -0.479. The van der Waals surface area contributed by atoms with Crippen LogP contribution in [-0.4, -0.2) is 11.5 Å². The molecule has 2 saturated carbocycles. The van der Waals surface area contributed by atoms with Crippen LogP contribution in [0.15, 0.2) is 30.3 Å². The van der Waals surface area contributed by atoms with E-state index in [-0.39, 0.29) is 5.41 Å². The molecule has 0 spiro atoms. The van der Waals surface area contributed by atoms with Crippen molar-refractivity contribution in [3.8, 4) is 0 Å². The van der Waals surface area contributed by atoms with Gasteiger partial charge < -0.3 is 5.41 Å². The van der Waals surface area contributed by atoms with E-state index in [1.165, 1.54) is 0 Å². The van der Waals surface area contributed by atoms with Crippen molar-refractivity contribution in [3.05, 3.63) is 35.9 Å². The van der Waals surface area contributed by atoms with E-state index >= 15 is 0 Å². The Balaban J connectivity index is 1.92. The summed E-state index contributed by atoms with van der Waals surface area (Å²) in [6.45, 7) is 4.38. The molecular weight excluding hydrogens is 234 g/mol. The zero-order chi connectivity index (χ0) is 13.7. The Kier molecular flexibility index (Phi) is 2.67. The Bertz CT molecular complexity index is 531. The molecule has 0 amide bonds. The lowest BCUT2D eigenvalue weighted by molar-refractivity contribution is -0.125. The highest BCUT2D eigenvalue weighted by Gasteiger charge is 2.65. The fraction of sp³-hybridized carbons (Fsp3) is 0.529. The van der Waals surface area contributed by atoms with Crippen molar-refractivity contribution < 1.29 is 4.79 Å². The molecule has 0 radical (unpaired) electrons. The number of carbonyl (C=O) groups is 1. The summed E-state index contributed by atoms with van der Waals surface area (Å²) in [7, 11) is 0. The number of hydrogen-bond acceptors (Lipinski definition) is 2. The van der Waals surface area contributed by atoms with E-state index in [4.69, 9.17) is 5.41 Å². The van der Waals surface area contributed by atoms with Crippen LogP contribution in [-0.2, 0) is 11.2 Å². The average molecular weight is 255 g/mol. The molecule has 1 aromatic carbocycles. The van der Waals surface area contributed by atoms with Gasteiger partial charge in [0.15, 0.2) is 0 Å². The summed E-state index contributed by atoms with van der Waals surface area (Å²) >= 11 is 0. The maximum absolute atomic E-state index is 12.5. The maximum Gasteiger partial charge on any atom is 0.145 e. The standard InChI is InChI=1S/C17H21NO/c1-16(2)13-8-9-17(16,15(19)11-13)14(18)10-12-6-4-3-5-7-12/h3-7,13,18H,8-11H2,1-2H3. The molecule has 2 fully saturated rings. The van der Waals surface area contributed by atoms with E-state index < -0.39 is 5.41 Å². The van der Waals surface area contributed by atoms with Crippen LogP contribution in [0.2, 0.25) is 0 Å². The van der Waals surface area contributed by atoms with Crippen molar-refractivity contribution in [2.75, 3.05) is 0 Å². The first-order valence-corrected chi connectivity index (χ1v) is 7.13. The number of carbonyl (C=O) groups excluding carboxylic acids is 1. The molecule has 3 rings (SSSR count). The van der Waals surface area contributed by atoms with Crippen LogP contribution in [0.3, 0.4) is 0 Å². The highest BCUT2D eigenvalue weighted by molar-refractivity contribution is 6.12. The lowest BCUT2D eigenvalue weighted by atomic mass is 9.65. The van der Waals surface area contributed by atoms with Crippen molar-refractivity contribution in [3.63, 3.8) is 0 Å². The Hall–Kier alpha value is -1.44. The Labute approximate surface area is 114 Å². The maximum atomic E-state index is 12.5. The quantitative estimate of drug-likeness (QED) is 0.823. The van der Waals surface area contributed by atoms with E-state index in [9.17, 15) is 4.79 Å². The van der Waals surface area contributed by atoms with Gasteiger partial charge in [0, 0.05) is 18.6 Å². The third kappa shape index (κ3) is 1.55. The molecule has 0 aromatic heterocycles. The number of ketones is 1. The zero-order valence-electron chi connectivity index (χ0n) is 11.7. The van der Waals surface area contributed by atoms with Gasteiger partial charge in [-0.2, -0.15) is 0 Å². The summed E-state index contributed by atoms with van der Waals surface area (Å²) in [6.07, 6.45) is 3.29. The first-order chi connectivity index (χ1) is 8.98. The number of hydrogen-bond donors (Lipinski definition) is 1. The SMILES string of the molecule is CC1(C)C2CCC1(C(=N)Cc1ccccc1)C(=O)C2. The van der Waals surface area contributed by atoms with Gasteiger partial charge >= 0.3 is 0 Å². The van der Waals surface area contributed by atoms with Crippen LogP contribution in [0.5, 0.6) is 0 Å². The monoisotopic (exact) mass is 255 g/mol. The van der Waals surface area contributed by atoms with Gasteiger partial charge in [0.25, 0.3) is 0 Å². The number of Topliss-reactive ketones (excluding diaryl/α,β-unsaturated/α-hetero) is 1. The molecule has 2 bridgehead atoms. The van der Waals surface area contributed by atoms with E-state index in [1.54, 1.807) is 0 Å². The Morgan fingerprint density at radius 2 is 2.00 bits per heavy atom. The van der Waals surface area contributed by atoms with Crippen molar-refractivity contribution in [2.24, 2.45) is 16.7 Å². The summed E-state index contributed by atoms with van der Waals surface area (Å²) < 4.78 is 0. The molecule has 2 unspecified atom stereocenters. The van der Waals surface area contributed by atoms with E-state index in [0.29, 0.717) is 30.3 Å². The summed E-state index contributed by atoms with van der Waals surface area (Å²) in [5, 5.41) is 8.56. The molecule has 1 aromatic rings. The lowest BCUT2D eigenvalue weighted by Gasteiger charge is -2.37. The van der Waals surface area contributed by atoms with Crippen LogP contribution in [0, 0.1) is 22.2 Å². The molecular formula is C17H21NO. The van der Waals surface area contributed by atoms with E-state index in [0.717, 1.165) is 18.4 Å². The molecule has 0 aliphatic heterocycles. The highest BCUT2D eigenvalue weighted by Crippen LogP contribution is 2.64. The first-order valence-electron chi connectivity index (χ1n) is 7.13. The zero-order valence-corrected chi connectivity index (χ0v) is 11.7. The van der Waals surface area contributed by atoms with Crippen LogP contribution in [0.1, 0.15) is 38.7 Å². The number of benzene rings is 1. The molecule has 2 aliphatic carbocycles. The largest absolute Gasteiger partial charge is 0.308 e. The van der Waals surface area contributed by atoms with Gasteiger partial charge in [-0.25, -0.2) is 0 Å². The van der Waals surface area contributed by atoms with Crippen molar-refractivity contribution in [2.45, 2.75) is 39.5 Å². The molecule has 100 valence electrons. The molecule has 2 aliphatic rings. The fourth-order valence-electron chi connectivity index (χ4n) is 4.34. The van der Waals surface area contributed by atoms with E-state index in [1.807, 2.05) is 30.3 Å². The second-order valence-electron chi connectivity index (χ2n) is 6.63. The predicted molar refractivity (Wildman–Crippen MR) is 76.4 cm³/mol. The highest BCUT2D eigenvalue weighted by atomic mass is 16.1. The van der Waals surface area contributed by atoms with Gasteiger partial charge in [0.2, 0.25) is 0 Å².